The zero-order chi connectivity index (χ0) is 25.7. The number of ketones is 1. The van der Waals surface area contributed by atoms with Crippen LogP contribution in [0.3, 0.4) is 0 Å². The molecular formula is C32H29NO4. The molecule has 6 rings (SSSR count). The summed E-state index contributed by atoms with van der Waals surface area (Å²) < 4.78 is 11.4. The van der Waals surface area contributed by atoms with Crippen LogP contribution in [0.25, 0.3) is 27.7 Å². The highest BCUT2D eigenvalue weighted by Gasteiger charge is 2.41. The first-order valence-corrected chi connectivity index (χ1v) is 12.8. The molecule has 1 N–H and O–H groups in total. The number of carbonyl (C=O) groups is 2. The molecule has 1 atom stereocenters. The Labute approximate surface area is 216 Å². The van der Waals surface area contributed by atoms with Gasteiger partial charge in [-0.05, 0) is 65.4 Å². The van der Waals surface area contributed by atoms with Crippen LogP contribution in [0.2, 0.25) is 0 Å². The molecule has 0 bridgehead atoms. The largest absolute Gasteiger partial charge is 0.462 e. The average molecular weight is 492 g/mol. The number of ether oxygens (including phenoxy) is 1. The van der Waals surface area contributed by atoms with Gasteiger partial charge in [0, 0.05) is 28.8 Å². The van der Waals surface area contributed by atoms with E-state index in [0.29, 0.717) is 30.1 Å². The van der Waals surface area contributed by atoms with Gasteiger partial charge in [0.1, 0.15) is 17.6 Å². The minimum atomic E-state index is -0.361. The normalized spacial score (nSPS) is 18.2. The molecule has 0 saturated heterocycles. The monoisotopic (exact) mass is 491 g/mol. The molecule has 3 aromatic carbocycles. The van der Waals surface area contributed by atoms with Gasteiger partial charge in [-0.2, -0.15) is 0 Å². The Morgan fingerprint density at radius 1 is 1.00 bits per heavy atom. The molecule has 0 radical (unpaired) electrons. The Hall–Kier alpha value is -4.12. The van der Waals surface area contributed by atoms with E-state index in [0.717, 1.165) is 45.2 Å². The Balaban J connectivity index is 1.42. The van der Waals surface area contributed by atoms with Crippen molar-refractivity contribution in [3.63, 3.8) is 0 Å². The Bertz CT molecular complexity index is 1570. The molecule has 1 aliphatic heterocycles. The zero-order valence-corrected chi connectivity index (χ0v) is 21.3. The number of furan rings is 1. The molecule has 5 heteroatoms. The SMILES string of the molecule is CCOC(=O)c1ccc(-c2ccc(C3Nc4ccc5ccccc5c4C4=C3C(=O)CC(C)(C)C4)o2)cc1. The second-order valence-electron chi connectivity index (χ2n) is 10.6. The fourth-order valence-electron chi connectivity index (χ4n) is 5.70. The minimum absolute atomic E-state index is 0.110. The highest BCUT2D eigenvalue weighted by atomic mass is 16.5. The molecule has 4 aromatic rings. The molecule has 37 heavy (non-hydrogen) atoms. The Morgan fingerprint density at radius 2 is 1.78 bits per heavy atom. The van der Waals surface area contributed by atoms with E-state index >= 15 is 0 Å². The van der Waals surface area contributed by atoms with Crippen molar-refractivity contribution in [2.24, 2.45) is 5.41 Å². The number of fused-ring (bicyclic) bond motifs is 4. The van der Waals surface area contributed by atoms with Crippen molar-refractivity contribution in [1.82, 2.24) is 0 Å². The first-order chi connectivity index (χ1) is 17.8. The molecule has 2 heterocycles. The van der Waals surface area contributed by atoms with Gasteiger partial charge in [-0.3, -0.25) is 4.79 Å². The van der Waals surface area contributed by atoms with Crippen molar-refractivity contribution in [2.45, 2.75) is 39.7 Å². The van der Waals surface area contributed by atoms with Gasteiger partial charge in [0.25, 0.3) is 0 Å². The number of anilines is 1. The first kappa shape index (κ1) is 23.3. The van der Waals surface area contributed by atoms with Gasteiger partial charge in [-0.15, -0.1) is 0 Å². The summed E-state index contributed by atoms with van der Waals surface area (Å²) in [7, 11) is 0. The summed E-state index contributed by atoms with van der Waals surface area (Å²) in [6.45, 7) is 6.46. The molecule has 1 unspecified atom stereocenters. The molecule has 0 fully saturated rings. The van der Waals surface area contributed by atoms with Crippen LogP contribution in [0.5, 0.6) is 0 Å². The second kappa shape index (κ2) is 8.77. The number of carbonyl (C=O) groups excluding carboxylic acids is 2. The third-order valence-electron chi connectivity index (χ3n) is 7.33. The van der Waals surface area contributed by atoms with Crippen LogP contribution in [0.15, 0.2) is 82.8 Å². The lowest BCUT2D eigenvalue weighted by Crippen LogP contribution is -2.33. The lowest BCUT2D eigenvalue weighted by atomic mass is 9.68. The number of nitrogens with one attached hydrogen (secondary N) is 1. The molecule has 5 nitrogen and oxygen atoms in total. The summed E-state index contributed by atoms with van der Waals surface area (Å²) in [5, 5.41) is 5.95. The number of hydrogen-bond acceptors (Lipinski definition) is 5. The van der Waals surface area contributed by atoms with Crippen molar-refractivity contribution in [2.75, 3.05) is 11.9 Å². The number of Topliss-reactive ketones (excluding diaryl/α,β-unsaturated/α-hetero) is 1. The molecule has 186 valence electrons. The van der Waals surface area contributed by atoms with E-state index in [1.807, 2.05) is 30.3 Å². The fraction of sp³-hybridized carbons (Fsp3) is 0.250. The van der Waals surface area contributed by atoms with Crippen LogP contribution in [-0.4, -0.2) is 18.4 Å². The van der Waals surface area contributed by atoms with Gasteiger partial charge in [-0.25, -0.2) is 4.79 Å². The summed E-state index contributed by atoms with van der Waals surface area (Å²) in [6, 6.07) is 23.3. The van der Waals surface area contributed by atoms with Crippen LogP contribution in [-0.2, 0) is 9.53 Å². The molecule has 0 spiro atoms. The van der Waals surface area contributed by atoms with Crippen molar-refractivity contribution < 1.29 is 18.7 Å². The number of esters is 1. The van der Waals surface area contributed by atoms with Crippen LogP contribution in [0.4, 0.5) is 5.69 Å². The lowest BCUT2D eigenvalue weighted by molar-refractivity contribution is -0.118. The van der Waals surface area contributed by atoms with Gasteiger partial charge in [-0.1, -0.05) is 56.3 Å². The van der Waals surface area contributed by atoms with Crippen LogP contribution < -0.4 is 5.32 Å². The van der Waals surface area contributed by atoms with E-state index < -0.39 is 0 Å². The summed E-state index contributed by atoms with van der Waals surface area (Å²) >= 11 is 0. The molecule has 0 amide bonds. The minimum Gasteiger partial charge on any atom is -0.462 e. The summed E-state index contributed by atoms with van der Waals surface area (Å²) in [5.41, 5.74) is 5.32. The third-order valence-corrected chi connectivity index (χ3v) is 7.33. The van der Waals surface area contributed by atoms with Crippen molar-refractivity contribution in [1.29, 1.82) is 0 Å². The topological polar surface area (TPSA) is 68.5 Å². The van der Waals surface area contributed by atoms with E-state index in [-0.39, 0.29) is 23.2 Å². The summed E-state index contributed by atoms with van der Waals surface area (Å²) in [5.74, 6) is 1.20. The Kier molecular flexibility index (Phi) is 5.52. The number of benzene rings is 3. The standard InChI is InChI=1S/C32H29NO4/c1-4-36-31(35)21-11-9-20(10-12-21)26-15-16-27(37-26)30-29-23(17-32(2,3)18-25(29)34)28-22-8-6-5-7-19(22)13-14-24(28)33-30/h5-16,30,33H,4,17-18H2,1-3H3. The highest BCUT2D eigenvalue weighted by Crippen LogP contribution is 2.52. The second-order valence-corrected chi connectivity index (χ2v) is 10.6. The molecule has 0 saturated carbocycles. The van der Waals surface area contributed by atoms with E-state index in [2.05, 4.69) is 49.5 Å². The first-order valence-electron chi connectivity index (χ1n) is 12.8. The van der Waals surface area contributed by atoms with Gasteiger partial charge >= 0.3 is 5.97 Å². The van der Waals surface area contributed by atoms with Gasteiger partial charge < -0.3 is 14.5 Å². The fourth-order valence-corrected chi connectivity index (χ4v) is 5.70. The lowest BCUT2D eigenvalue weighted by Gasteiger charge is -2.39. The molecule has 1 aliphatic carbocycles. The van der Waals surface area contributed by atoms with Crippen LogP contribution >= 0.6 is 0 Å². The summed E-state index contributed by atoms with van der Waals surface area (Å²) in [4.78, 5) is 25.6. The maximum Gasteiger partial charge on any atom is 0.338 e. The number of rotatable bonds is 4. The predicted molar refractivity (Wildman–Crippen MR) is 145 cm³/mol. The van der Waals surface area contributed by atoms with E-state index in [1.54, 1.807) is 19.1 Å². The predicted octanol–water partition coefficient (Wildman–Crippen LogP) is 7.59. The maximum atomic E-state index is 13.6. The summed E-state index contributed by atoms with van der Waals surface area (Å²) in [6.07, 6.45) is 1.34. The smallest absolute Gasteiger partial charge is 0.338 e. The molecule has 1 aromatic heterocycles. The van der Waals surface area contributed by atoms with Crippen LogP contribution in [0, 0.1) is 5.41 Å². The van der Waals surface area contributed by atoms with E-state index in [1.165, 1.54) is 0 Å². The van der Waals surface area contributed by atoms with Crippen molar-refractivity contribution in [3.8, 4) is 11.3 Å². The number of hydrogen-bond donors (Lipinski definition) is 1. The van der Waals surface area contributed by atoms with Crippen LogP contribution in [0.1, 0.15) is 61.3 Å². The highest BCUT2D eigenvalue weighted by molar-refractivity contribution is 6.12. The molecule has 2 aliphatic rings. The van der Waals surface area contributed by atoms with Crippen molar-refractivity contribution >= 4 is 33.8 Å². The zero-order valence-electron chi connectivity index (χ0n) is 21.3. The van der Waals surface area contributed by atoms with E-state index in [9.17, 15) is 9.59 Å². The van der Waals surface area contributed by atoms with Gasteiger partial charge in [0.15, 0.2) is 5.78 Å². The van der Waals surface area contributed by atoms with E-state index in [4.69, 9.17) is 9.15 Å². The maximum absolute atomic E-state index is 13.6. The van der Waals surface area contributed by atoms with Gasteiger partial charge in [0.2, 0.25) is 0 Å². The number of allylic oxidation sites excluding steroid dienone is 1. The van der Waals surface area contributed by atoms with Gasteiger partial charge in [0.05, 0.1) is 12.2 Å². The Morgan fingerprint density at radius 3 is 2.57 bits per heavy atom. The van der Waals surface area contributed by atoms with Crippen molar-refractivity contribution in [3.05, 3.63) is 95.3 Å². The average Bonchev–Trinajstić information content (AvgIpc) is 3.37. The molecular weight excluding hydrogens is 462 g/mol. The third kappa shape index (κ3) is 4.05. The quantitative estimate of drug-likeness (QED) is 0.298.